The second-order valence-corrected chi connectivity index (χ2v) is 5.34. The predicted molar refractivity (Wildman–Crippen MR) is 95.1 cm³/mol. The van der Waals surface area contributed by atoms with E-state index in [1.54, 1.807) is 11.6 Å². The molecule has 0 fully saturated rings. The molecule has 2 amide bonds. The van der Waals surface area contributed by atoms with Crippen molar-refractivity contribution >= 4 is 12.2 Å². The number of nitrogens with two attached hydrogens (primary N) is 1. The van der Waals surface area contributed by atoms with Gasteiger partial charge < -0.3 is 10.5 Å². The number of halogens is 1. The lowest BCUT2D eigenvalue weighted by Crippen LogP contribution is -2.24. The minimum Gasteiger partial charge on any atom is -0.438 e. The van der Waals surface area contributed by atoms with E-state index >= 15 is 0 Å². The summed E-state index contributed by atoms with van der Waals surface area (Å²) < 4.78 is 20.7. The van der Waals surface area contributed by atoms with Crippen LogP contribution in [0.3, 0.4) is 0 Å². The number of amides is 2. The number of nitrogens with zero attached hydrogens (tertiary/aromatic N) is 3. The van der Waals surface area contributed by atoms with E-state index in [9.17, 15) is 9.18 Å². The van der Waals surface area contributed by atoms with E-state index < -0.39 is 6.03 Å². The largest absolute Gasteiger partial charge is 0.438 e. The number of urea groups is 1. The Balaban J connectivity index is 2.05. The molecule has 3 N–H and O–H groups in total. The number of hydrogen-bond acceptors (Lipinski definition) is 4. The van der Waals surface area contributed by atoms with Crippen LogP contribution in [0, 0.1) is 12.7 Å². The molecule has 2 aromatic carbocycles. The predicted octanol–water partition coefficient (Wildman–Crippen LogP) is 3.11. The highest BCUT2D eigenvalue weighted by Gasteiger charge is 2.17. The van der Waals surface area contributed by atoms with Crippen LogP contribution in [0.2, 0.25) is 0 Å². The lowest BCUT2D eigenvalue weighted by molar-refractivity contribution is 0.249. The Morgan fingerprint density at radius 3 is 2.58 bits per heavy atom. The van der Waals surface area contributed by atoms with E-state index in [1.807, 2.05) is 30.3 Å². The molecule has 0 atom stereocenters. The van der Waals surface area contributed by atoms with Crippen molar-refractivity contribution < 1.29 is 13.9 Å². The summed E-state index contributed by atoms with van der Waals surface area (Å²) in [6.07, 6.45) is 1.39. The molecule has 0 saturated heterocycles. The van der Waals surface area contributed by atoms with Crippen LogP contribution in [-0.2, 0) is 0 Å². The molecule has 0 unspecified atom stereocenters. The Kier molecular flexibility index (Phi) is 4.93. The number of hydrazone groups is 1. The highest BCUT2D eigenvalue weighted by Crippen LogP contribution is 2.29. The van der Waals surface area contributed by atoms with Crippen molar-refractivity contribution in [3.05, 3.63) is 71.7 Å². The molecule has 1 heterocycles. The maximum absolute atomic E-state index is 13.1. The van der Waals surface area contributed by atoms with Crippen molar-refractivity contribution in [3.8, 4) is 17.3 Å². The third kappa shape index (κ3) is 3.86. The van der Waals surface area contributed by atoms with Crippen molar-refractivity contribution in [2.24, 2.45) is 10.8 Å². The Morgan fingerprint density at radius 2 is 1.92 bits per heavy atom. The fourth-order valence-corrected chi connectivity index (χ4v) is 2.28. The third-order valence-corrected chi connectivity index (χ3v) is 3.46. The second-order valence-electron chi connectivity index (χ2n) is 5.34. The van der Waals surface area contributed by atoms with Crippen LogP contribution >= 0.6 is 0 Å². The van der Waals surface area contributed by atoms with Gasteiger partial charge in [-0.15, -0.1) is 0 Å². The van der Waals surface area contributed by atoms with Gasteiger partial charge in [-0.2, -0.15) is 14.9 Å². The molecular weight excluding hydrogens is 337 g/mol. The highest BCUT2D eigenvalue weighted by atomic mass is 19.1. The highest BCUT2D eigenvalue weighted by molar-refractivity contribution is 5.86. The van der Waals surface area contributed by atoms with Crippen LogP contribution in [0.15, 0.2) is 59.7 Å². The molecule has 0 aliphatic rings. The molecule has 0 saturated carbocycles. The number of carbonyl (C=O) groups is 1. The van der Waals surface area contributed by atoms with E-state index in [0.29, 0.717) is 22.9 Å². The summed E-state index contributed by atoms with van der Waals surface area (Å²) in [6, 6.07) is 14.2. The molecular formula is C18H16FN5O2. The molecule has 0 aliphatic heterocycles. The number of carbonyl (C=O) groups excluding carboxylic acids is 1. The second kappa shape index (κ2) is 7.47. The lowest BCUT2D eigenvalue weighted by Gasteiger charge is -2.10. The Hall–Kier alpha value is -3.68. The average molecular weight is 353 g/mol. The van der Waals surface area contributed by atoms with Gasteiger partial charge in [0, 0.05) is 0 Å². The van der Waals surface area contributed by atoms with E-state index in [2.05, 4.69) is 15.6 Å². The monoisotopic (exact) mass is 353 g/mol. The molecule has 8 heteroatoms. The van der Waals surface area contributed by atoms with Crippen molar-refractivity contribution in [2.75, 3.05) is 0 Å². The van der Waals surface area contributed by atoms with Gasteiger partial charge in [0.1, 0.15) is 11.6 Å². The Morgan fingerprint density at radius 1 is 1.23 bits per heavy atom. The summed E-state index contributed by atoms with van der Waals surface area (Å²) in [7, 11) is 0. The fourth-order valence-electron chi connectivity index (χ4n) is 2.28. The zero-order valence-corrected chi connectivity index (χ0v) is 13.9. The number of aromatic nitrogens is 2. The normalized spacial score (nSPS) is 10.8. The minimum atomic E-state index is -0.782. The van der Waals surface area contributed by atoms with Crippen molar-refractivity contribution in [1.29, 1.82) is 0 Å². The van der Waals surface area contributed by atoms with Crippen LogP contribution in [-0.4, -0.2) is 22.0 Å². The number of aryl methyl sites for hydroxylation is 1. The van der Waals surface area contributed by atoms with Gasteiger partial charge in [0.05, 0.1) is 23.2 Å². The standard InChI is InChI=1S/C18H16FN5O2/c1-12-16(11-21-22-18(20)25)17(26-15-9-7-13(19)8-10-15)24(23-12)14-5-3-2-4-6-14/h2-11H,1H3,(H3,20,22,25)/b21-11-. The molecule has 0 bridgehead atoms. The summed E-state index contributed by atoms with van der Waals surface area (Å²) in [5, 5.41) is 8.26. The van der Waals surface area contributed by atoms with Crippen LogP contribution in [0.5, 0.6) is 11.6 Å². The first-order chi connectivity index (χ1) is 12.5. The summed E-state index contributed by atoms with van der Waals surface area (Å²) in [5.41, 5.74) is 9.10. The molecule has 3 rings (SSSR count). The van der Waals surface area contributed by atoms with Gasteiger partial charge in [-0.05, 0) is 43.3 Å². The van der Waals surface area contributed by atoms with E-state index in [4.69, 9.17) is 10.5 Å². The van der Waals surface area contributed by atoms with Crippen LogP contribution in [0.25, 0.3) is 5.69 Å². The van der Waals surface area contributed by atoms with Crippen LogP contribution in [0.4, 0.5) is 9.18 Å². The van der Waals surface area contributed by atoms with Crippen molar-refractivity contribution in [3.63, 3.8) is 0 Å². The van der Waals surface area contributed by atoms with Crippen molar-refractivity contribution in [1.82, 2.24) is 15.2 Å². The summed E-state index contributed by atoms with van der Waals surface area (Å²) >= 11 is 0. The fraction of sp³-hybridized carbons (Fsp3) is 0.0556. The summed E-state index contributed by atoms with van der Waals surface area (Å²) in [5.74, 6) is 0.439. The molecule has 132 valence electrons. The van der Waals surface area contributed by atoms with Gasteiger partial charge in [-0.3, -0.25) is 0 Å². The Labute approximate surface area is 148 Å². The van der Waals surface area contributed by atoms with Gasteiger partial charge in [0.25, 0.3) is 0 Å². The maximum atomic E-state index is 13.1. The molecule has 3 aromatic rings. The summed E-state index contributed by atoms with van der Waals surface area (Å²) in [4.78, 5) is 10.8. The van der Waals surface area contributed by atoms with Gasteiger partial charge in [0.2, 0.25) is 5.88 Å². The quantitative estimate of drug-likeness (QED) is 0.545. The van der Waals surface area contributed by atoms with Crippen molar-refractivity contribution in [2.45, 2.75) is 6.92 Å². The topological polar surface area (TPSA) is 94.5 Å². The number of benzene rings is 2. The number of primary amides is 1. The number of rotatable bonds is 5. The molecule has 0 radical (unpaired) electrons. The number of ether oxygens (including phenoxy) is 1. The smallest absolute Gasteiger partial charge is 0.332 e. The number of hydrogen-bond donors (Lipinski definition) is 2. The molecule has 26 heavy (non-hydrogen) atoms. The van der Waals surface area contributed by atoms with E-state index in [1.165, 1.54) is 30.5 Å². The molecule has 0 aliphatic carbocycles. The zero-order chi connectivity index (χ0) is 18.5. The first kappa shape index (κ1) is 17.2. The van der Waals surface area contributed by atoms with E-state index in [0.717, 1.165) is 5.69 Å². The molecule has 7 nitrogen and oxygen atoms in total. The SMILES string of the molecule is Cc1nn(-c2ccccc2)c(Oc2ccc(F)cc2)c1/C=N\NC(N)=O. The van der Waals surface area contributed by atoms with Gasteiger partial charge in [0.15, 0.2) is 0 Å². The first-order valence-electron chi connectivity index (χ1n) is 7.71. The number of nitrogens with one attached hydrogen (secondary N) is 1. The minimum absolute atomic E-state index is 0.363. The van der Waals surface area contributed by atoms with Gasteiger partial charge in [-0.25, -0.2) is 14.6 Å². The summed E-state index contributed by atoms with van der Waals surface area (Å²) in [6.45, 7) is 1.78. The van der Waals surface area contributed by atoms with Crippen LogP contribution < -0.4 is 15.9 Å². The average Bonchev–Trinajstić information content (AvgIpc) is 2.93. The zero-order valence-electron chi connectivity index (χ0n) is 13.9. The molecule has 1 aromatic heterocycles. The lowest BCUT2D eigenvalue weighted by atomic mass is 10.2. The molecule has 0 spiro atoms. The first-order valence-corrected chi connectivity index (χ1v) is 7.71. The van der Waals surface area contributed by atoms with E-state index in [-0.39, 0.29) is 5.82 Å². The van der Waals surface area contributed by atoms with Crippen LogP contribution in [0.1, 0.15) is 11.3 Å². The Bertz CT molecular complexity index is 936. The maximum Gasteiger partial charge on any atom is 0.332 e. The van der Waals surface area contributed by atoms with Gasteiger partial charge in [-0.1, -0.05) is 18.2 Å². The number of para-hydroxylation sites is 1. The van der Waals surface area contributed by atoms with Gasteiger partial charge >= 0.3 is 6.03 Å². The third-order valence-electron chi connectivity index (χ3n) is 3.46.